The molecule has 13 heavy (non-hydrogen) atoms. The monoisotopic (exact) mass is 247 g/mol. The van der Waals surface area contributed by atoms with Crippen LogP contribution >= 0.6 is 15.9 Å². The van der Waals surface area contributed by atoms with E-state index < -0.39 is 0 Å². The summed E-state index contributed by atoms with van der Waals surface area (Å²) in [6, 6.07) is 0. The molecule has 0 spiro atoms. The van der Waals surface area contributed by atoms with Crippen molar-refractivity contribution in [2.45, 2.75) is 19.4 Å². The van der Waals surface area contributed by atoms with Crippen LogP contribution < -0.4 is 5.32 Å². The van der Waals surface area contributed by atoms with Gasteiger partial charge in [-0.25, -0.2) is 0 Å². The molecule has 4 heteroatoms. The minimum absolute atomic E-state index is 0.00634. The zero-order valence-electron chi connectivity index (χ0n) is 7.68. The van der Waals surface area contributed by atoms with E-state index in [0.717, 1.165) is 10.9 Å². The van der Waals surface area contributed by atoms with Crippen LogP contribution in [0.5, 0.6) is 0 Å². The predicted octanol–water partition coefficient (Wildman–Crippen LogP) is 1.44. The quantitative estimate of drug-likeness (QED) is 0.820. The fourth-order valence-corrected chi connectivity index (χ4v) is 1.53. The Labute approximate surface area is 86.7 Å². The zero-order chi connectivity index (χ0) is 9.84. The summed E-state index contributed by atoms with van der Waals surface area (Å²) in [5.74, 6) is 0.0671. The topological polar surface area (TPSA) is 38.3 Å². The van der Waals surface area contributed by atoms with Gasteiger partial charge in [-0.3, -0.25) is 4.79 Å². The van der Waals surface area contributed by atoms with Gasteiger partial charge in [0, 0.05) is 17.6 Å². The highest BCUT2D eigenvalue weighted by atomic mass is 79.9. The number of amides is 1. The molecule has 1 heterocycles. The number of rotatable bonds is 3. The average molecular weight is 248 g/mol. The number of ether oxygens (including phenoxy) is 1. The van der Waals surface area contributed by atoms with Crippen LogP contribution in [0.1, 0.15) is 13.3 Å². The Morgan fingerprint density at radius 2 is 2.46 bits per heavy atom. The third kappa shape index (κ3) is 3.12. The summed E-state index contributed by atoms with van der Waals surface area (Å²) in [5, 5.41) is 2.79. The van der Waals surface area contributed by atoms with E-state index in [9.17, 15) is 4.79 Å². The highest BCUT2D eigenvalue weighted by Crippen LogP contribution is 2.20. The van der Waals surface area contributed by atoms with E-state index in [-0.39, 0.29) is 17.9 Å². The van der Waals surface area contributed by atoms with Gasteiger partial charge in [0.05, 0.1) is 12.0 Å². The minimum Gasteiger partial charge on any atom is -0.378 e. The third-order valence-corrected chi connectivity index (χ3v) is 2.45. The lowest BCUT2D eigenvalue weighted by atomic mass is 10.0. The van der Waals surface area contributed by atoms with Gasteiger partial charge in [0.1, 0.15) is 0 Å². The fraction of sp³-hybridized carbons (Fsp3) is 0.667. The Kier molecular flexibility index (Phi) is 3.93. The summed E-state index contributed by atoms with van der Waals surface area (Å²) >= 11 is 3.19. The normalized spacial score (nSPS) is 27.2. The van der Waals surface area contributed by atoms with E-state index in [1.165, 1.54) is 0 Å². The molecule has 0 aromatic carbocycles. The molecule has 0 radical (unpaired) electrons. The molecule has 0 saturated carbocycles. The fourth-order valence-electron chi connectivity index (χ4n) is 1.39. The molecule has 1 fully saturated rings. The molecule has 0 aromatic heterocycles. The second kappa shape index (κ2) is 4.77. The lowest BCUT2D eigenvalue weighted by molar-refractivity contribution is -0.126. The number of hydrogen-bond acceptors (Lipinski definition) is 2. The van der Waals surface area contributed by atoms with Crippen molar-refractivity contribution in [1.82, 2.24) is 5.32 Å². The van der Waals surface area contributed by atoms with Gasteiger partial charge in [0.2, 0.25) is 5.91 Å². The van der Waals surface area contributed by atoms with Gasteiger partial charge in [-0.15, -0.1) is 0 Å². The van der Waals surface area contributed by atoms with Crippen molar-refractivity contribution in [2.24, 2.45) is 5.92 Å². The summed E-state index contributed by atoms with van der Waals surface area (Å²) in [6.07, 6.45) is 0.866. The van der Waals surface area contributed by atoms with Gasteiger partial charge in [0.25, 0.3) is 0 Å². The van der Waals surface area contributed by atoms with Crippen LogP contribution in [0.3, 0.4) is 0 Å². The Hall–Kier alpha value is -0.350. The first kappa shape index (κ1) is 10.7. The van der Waals surface area contributed by atoms with E-state index in [1.54, 1.807) is 0 Å². The molecule has 1 rings (SSSR count). The first-order valence-corrected chi connectivity index (χ1v) is 5.13. The number of carbonyl (C=O) groups is 1. The lowest BCUT2D eigenvalue weighted by Crippen LogP contribution is -2.34. The van der Waals surface area contributed by atoms with Crippen molar-refractivity contribution >= 4 is 21.8 Å². The second-order valence-electron chi connectivity index (χ2n) is 3.21. The van der Waals surface area contributed by atoms with Gasteiger partial charge in [-0.1, -0.05) is 22.5 Å². The highest BCUT2D eigenvalue weighted by Gasteiger charge is 2.30. The first-order valence-electron chi connectivity index (χ1n) is 4.34. The smallest absolute Gasteiger partial charge is 0.226 e. The molecule has 74 valence electrons. The van der Waals surface area contributed by atoms with Gasteiger partial charge in [-0.05, 0) is 13.3 Å². The van der Waals surface area contributed by atoms with Crippen molar-refractivity contribution in [3.63, 3.8) is 0 Å². The van der Waals surface area contributed by atoms with E-state index in [2.05, 4.69) is 27.8 Å². The van der Waals surface area contributed by atoms with Crippen LogP contribution in [-0.4, -0.2) is 25.2 Å². The van der Waals surface area contributed by atoms with Gasteiger partial charge in [-0.2, -0.15) is 0 Å². The standard InChI is InChI=1S/C9H14BrNO2/c1-6(10)5-11-9(12)8-3-4-13-7(8)2/h7-8H,1,3-5H2,2H3,(H,11,12). The van der Waals surface area contributed by atoms with Crippen molar-refractivity contribution in [2.75, 3.05) is 13.2 Å². The van der Waals surface area contributed by atoms with Crippen molar-refractivity contribution in [3.8, 4) is 0 Å². The summed E-state index contributed by atoms with van der Waals surface area (Å²) in [5.41, 5.74) is 0. The molecule has 1 aliphatic heterocycles. The number of hydrogen-bond donors (Lipinski definition) is 1. The molecule has 1 saturated heterocycles. The van der Waals surface area contributed by atoms with E-state index in [4.69, 9.17) is 4.74 Å². The summed E-state index contributed by atoms with van der Waals surface area (Å²) in [4.78, 5) is 11.5. The van der Waals surface area contributed by atoms with Crippen LogP contribution in [0.2, 0.25) is 0 Å². The zero-order valence-corrected chi connectivity index (χ0v) is 9.26. The Balaban J connectivity index is 2.34. The van der Waals surface area contributed by atoms with Crippen LogP contribution in [0.15, 0.2) is 11.1 Å². The molecule has 1 N–H and O–H groups in total. The molecule has 2 unspecified atom stereocenters. The van der Waals surface area contributed by atoms with Crippen LogP contribution in [0, 0.1) is 5.92 Å². The number of nitrogens with one attached hydrogen (secondary N) is 1. The molecular formula is C9H14BrNO2. The van der Waals surface area contributed by atoms with E-state index in [1.807, 2.05) is 6.92 Å². The van der Waals surface area contributed by atoms with E-state index in [0.29, 0.717) is 13.2 Å². The largest absolute Gasteiger partial charge is 0.378 e. The van der Waals surface area contributed by atoms with Gasteiger partial charge in [0.15, 0.2) is 0 Å². The molecule has 2 atom stereocenters. The maximum atomic E-state index is 11.5. The SMILES string of the molecule is C=C(Br)CNC(=O)C1CCOC1C. The number of carbonyl (C=O) groups excluding carboxylic acids is 1. The lowest BCUT2D eigenvalue weighted by Gasteiger charge is -2.13. The second-order valence-corrected chi connectivity index (χ2v) is 4.33. The maximum absolute atomic E-state index is 11.5. The molecule has 3 nitrogen and oxygen atoms in total. The molecule has 0 aliphatic carbocycles. The third-order valence-electron chi connectivity index (χ3n) is 2.17. The summed E-state index contributed by atoms with van der Waals surface area (Å²) < 4.78 is 6.08. The molecular weight excluding hydrogens is 234 g/mol. The predicted molar refractivity (Wildman–Crippen MR) is 54.6 cm³/mol. The Morgan fingerprint density at radius 1 is 1.77 bits per heavy atom. The molecule has 1 amide bonds. The van der Waals surface area contributed by atoms with Gasteiger partial charge >= 0.3 is 0 Å². The van der Waals surface area contributed by atoms with Crippen LogP contribution in [0.25, 0.3) is 0 Å². The minimum atomic E-state index is 0.00634. The molecule has 0 aromatic rings. The molecule has 1 aliphatic rings. The highest BCUT2D eigenvalue weighted by molar-refractivity contribution is 9.11. The van der Waals surface area contributed by atoms with Gasteiger partial charge < -0.3 is 10.1 Å². The maximum Gasteiger partial charge on any atom is 0.226 e. The van der Waals surface area contributed by atoms with E-state index >= 15 is 0 Å². The average Bonchev–Trinajstić information content (AvgIpc) is 2.47. The molecule has 0 bridgehead atoms. The van der Waals surface area contributed by atoms with Crippen LogP contribution in [0.4, 0.5) is 0 Å². The van der Waals surface area contributed by atoms with Crippen molar-refractivity contribution < 1.29 is 9.53 Å². The number of halogens is 1. The summed E-state index contributed by atoms with van der Waals surface area (Å²) in [7, 11) is 0. The van der Waals surface area contributed by atoms with Crippen LogP contribution in [-0.2, 0) is 9.53 Å². The Bertz CT molecular complexity index is 218. The van der Waals surface area contributed by atoms with Crippen molar-refractivity contribution in [1.29, 1.82) is 0 Å². The first-order chi connectivity index (χ1) is 6.11. The van der Waals surface area contributed by atoms with Crippen molar-refractivity contribution in [3.05, 3.63) is 11.1 Å². The Morgan fingerprint density at radius 3 is 2.92 bits per heavy atom. The summed E-state index contributed by atoms with van der Waals surface area (Å²) in [6.45, 7) is 6.75.